The summed E-state index contributed by atoms with van der Waals surface area (Å²) in [4.78, 5) is 11.3. The molecule has 3 heteroatoms. The van der Waals surface area contributed by atoms with Crippen LogP contribution in [0.2, 0.25) is 0 Å². The van der Waals surface area contributed by atoms with E-state index >= 15 is 0 Å². The summed E-state index contributed by atoms with van der Waals surface area (Å²) in [5, 5.41) is 12.5. The molecule has 86 valence electrons. The molecule has 1 rings (SSSR count). The molecular formula is C12H21NO2. The van der Waals surface area contributed by atoms with E-state index in [4.69, 9.17) is 0 Å². The van der Waals surface area contributed by atoms with Crippen LogP contribution in [0.25, 0.3) is 0 Å². The molecule has 0 aromatic heterocycles. The largest absolute Gasteiger partial charge is 0.480 e. The highest BCUT2D eigenvalue weighted by Gasteiger charge is 2.38. The molecule has 2 unspecified atom stereocenters. The van der Waals surface area contributed by atoms with Crippen molar-refractivity contribution < 1.29 is 9.90 Å². The van der Waals surface area contributed by atoms with Crippen LogP contribution < -0.4 is 5.32 Å². The lowest BCUT2D eigenvalue weighted by Crippen LogP contribution is -2.51. The van der Waals surface area contributed by atoms with Crippen LogP contribution >= 0.6 is 0 Å². The maximum absolute atomic E-state index is 11.3. The van der Waals surface area contributed by atoms with Crippen LogP contribution in [-0.2, 0) is 4.79 Å². The molecule has 0 spiro atoms. The molecule has 3 nitrogen and oxygen atoms in total. The standard InChI is InChI=1S/C12H21NO2/c1-3-9-13-12(11(14)15)7-4-5-10(2)6-8-12/h3,10,13H,1,4-9H2,2H3,(H,14,15). The van der Waals surface area contributed by atoms with Gasteiger partial charge in [-0.3, -0.25) is 10.1 Å². The summed E-state index contributed by atoms with van der Waals surface area (Å²) in [5.41, 5.74) is -0.709. The van der Waals surface area contributed by atoms with Crippen molar-refractivity contribution in [2.75, 3.05) is 6.54 Å². The van der Waals surface area contributed by atoms with Gasteiger partial charge in [0.05, 0.1) is 0 Å². The fraction of sp³-hybridized carbons (Fsp3) is 0.750. The zero-order chi connectivity index (χ0) is 11.3. The predicted molar refractivity (Wildman–Crippen MR) is 60.8 cm³/mol. The first-order chi connectivity index (χ1) is 7.10. The van der Waals surface area contributed by atoms with E-state index in [1.807, 2.05) is 0 Å². The Kier molecular flexibility index (Phi) is 4.33. The van der Waals surface area contributed by atoms with Crippen molar-refractivity contribution in [3.63, 3.8) is 0 Å². The third-order valence-electron chi connectivity index (χ3n) is 3.36. The van der Waals surface area contributed by atoms with Gasteiger partial charge in [-0.15, -0.1) is 6.58 Å². The summed E-state index contributed by atoms with van der Waals surface area (Å²) in [6, 6.07) is 0. The molecule has 0 amide bonds. The van der Waals surface area contributed by atoms with E-state index in [-0.39, 0.29) is 0 Å². The number of carboxylic acid groups (broad SMARTS) is 1. The van der Waals surface area contributed by atoms with Gasteiger partial charge in [0.15, 0.2) is 0 Å². The lowest BCUT2D eigenvalue weighted by Gasteiger charge is -2.29. The fourth-order valence-electron chi connectivity index (χ4n) is 2.25. The Morgan fingerprint density at radius 1 is 1.60 bits per heavy atom. The average Bonchev–Trinajstić information content (AvgIpc) is 2.39. The minimum absolute atomic E-state index is 0.570. The van der Waals surface area contributed by atoms with Gasteiger partial charge in [0.1, 0.15) is 5.54 Å². The van der Waals surface area contributed by atoms with E-state index in [2.05, 4.69) is 18.8 Å². The Morgan fingerprint density at radius 3 is 2.93 bits per heavy atom. The number of hydrogen-bond acceptors (Lipinski definition) is 2. The zero-order valence-corrected chi connectivity index (χ0v) is 9.46. The van der Waals surface area contributed by atoms with E-state index in [9.17, 15) is 9.90 Å². The molecule has 0 bridgehead atoms. The van der Waals surface area contributed by atoms with Crippen LogP contribution in [0.5, 0.6) is 0 Å². The molecule has 0 radical (unpaired) electrons. The first-order valence-corrected chi connectivity index (χ1v) is 5.70. The van der Waals surface area contributed by atoms with Gasteiger partial charge in [-0.2, -0.15) is 0 Å². The Hall–Kier alpha value is -0.830. The van der Waals surface area contributed by atoms with Crippen LogP contribution in [0.15, 0.2) is 12.7 Å². The zero-order valence-electron chi connectivity index (χ0n) is 9.46. The molecule has 0 aromatic carbocycles. The van der Waals surface area contributed by atoms with Gasteiger partial charge in [0.25, 0.3) is 0 Å². The lowest BCUT2D eigenvalue weighted by molar-refractivity contribution is -0.145. The van der Waals surface area contributed by atoms with Crippen molar-refractivity contribution in [2.45, 2.75) is 44.6 Å². The number of nitrogens with one attached hydrogen (secondary N) is 1. The fourth-order valence-corrected chi connectivity index (χ4v) is 2.25. The molecule has 1 saturated carbocycles. The van der Waals surface area contributed by atoms with Crippen molar-refractivity contribution in [1.29, 1.82) is 0 Å². The van der Waals surface area contributed by atoms with E-state index in [0.717, 1.165) is 32.1 Å². The second-order valence-electron chi connectivity index (χ2n) is 4.59. The van der Waals surface area contributed by atoms with Gasteiger partial charge in [-0.1, -0.05) is 25.8 Å². The molecule has 2 N–H and O–H groups in total. The maximum atomic E-state index is 11.3. The van der Waals surface area contributed by atoms with Crippen molar-refractivity contribution in [3.8, 4) is 0 Å². The van der Waals surface area contributed by atoms with E-state index in [1.165, 1.54) is 0 Å². The highest BCUT2D eigenvalue weighted by Crippen LogP contribution is 2.30. The maximum Gasteiger partial charge on any atom is 0.323 e. The van der Waals surface area contributed by atoms with Crippen molar-refractivity contribution in [2.24, 2.45) is 5.92 Å². The Bertz CT molecular complexity index is 240. The first-order valence-electron chi connectivity index (χ1n) is 5.70. The Morgan fingerprint density at radius 2 is 2.33 bits per heavy atom. The van der Waals surface area contributed by atoms with Crippen molar-refractivity contribution in [3.05, 3.63) is 12.7 Å². The second kappa shape index (κ2) is 5.31. The summed E-state index contributed by atoms with van der Waals surface area (Å²) in [5.74, 6) is -0.0600. The third-order valence-corrected chi connectivity index (χ3v) is 3.36. The molecule has 0 heterocycles. The summed E-state index contributed by atoms with van der Waals surface area (Å²) in [7, 11) is 0. The molecule has 1 aliphatic carbocycles. The van der Waals surface area contributed by atoms with Crippen LogP contribution in [0.1, 0.15) is 39.0 Å². The van der Waals surface area contributed by atoms with Gasteiger partial charge in [0, 0.05) is 6.54 Å². The van der Waals surface area contributed by atoms with Gasteiger partial charge in [-0.25, -0.2) is 0 Å². The Balaban J connectivity index is 2.70. The van der Waals surface area contributed by atoms with Crippen LogP contribution in [-0.4, -0.2) is 23.2 Å². The molecule has 0 aromatic rings. The van der Waals surface area contributed by atoms with Gasteiger partial charge in [0.2, 0.25) is 0 Å². The van der Waals surface area contributed by atoms with Crippen LogP contribution in [0.3, 0.4) is 0 Å². The topological polar surface area (TPSA) is 49.3 Å². The normalized spacial score (nSPS) is 31.9. The number of carbonyl (C=O) groups is 1. The van der Waals surface area contributed by atoms with Crippen molar-refractivity contribution >= 4 is 5.97 Å². The van der Waals surface area contributed by atoms with Gasteiger partial charge >= 0.3 is 5.97 Å². The number of hydrogen-bond donors (Lipinski definition) is 2. The quantitative estimate of drug-likeness (QED) is 0.553. The molecule has 0 aliphatic heterocycles. The molecule has 15 heavy (non-hydrogen) atoms. The first kappa shape index (κ1) is 12.2. The number of aliphatic carboxylic acids is 1. The molecule has 1 fully saturated rings. The summed E-state index contributed by atoms with van der Waals surface area (Å²) < 4.78 is 0. The summed E-state index contributed by atoms with van der Waals surface area (Å²) >= 11 is 0. The molecular weight excluding hydrogens is 190 g/mol. The third kappa shape index (κ3) is 3.06. The lowest BCUT2D eigenvalue weighted by atomic mass is 9.90. The minimum atomic E-state index is -0.710. The molecule has 1 aliphatic rings. The number of rotatable bonds is 4. The highest BCUT2D eigenvalue weighted by atomic mass is 16.4. The monoisotopic (exact) mass is 211 g/mol. The van der Waals surface area contributed by atoms with Crippen molar-refractivity contribution in [1.82, 2.24) is 5.32 Å². The SMILES string of the molecule is C=CCNC1(C(=O)O)CCCC(C)CC1. The number of carboxylic acids is 1. The van der Waals surface area contributed by atoms with E-state index < -0.39 is 11.5 Å². The Labute approximate surface area is 91.6 Å². The highest BCUT2D eigenvalue weighted by molar-refractivity contribution is 5.78. The molecule has 2 atom stereocenters. The second-order valence-corrected chi connectivity index (χ2v) is 4.59. The summed E-state index contributed by atoms with van der Waals surface area (Å²) in [6.07, 6.45) is 6.33. The van der Waals surface area contributed by atoms with Gasteiger partial charge in [-0.05, 0) is 25.2 Å². The smallest absolute Gasteiger partial charge is 0.323 e. The predicted octanol–water partition coefficient (Wildman–Crippen LogP) is 2.19. The average molecular weight is 211 g/mol. The van der Waals surface area contributed by atoms with E-state index in [0.29, 0.717) is 12.5 Å². The van der Waals surface area contributed by atoms with E-state index in [1.54, 1.807) is 6.08 Å². The summed E-state index contributed by atoms with van der Waals surface area (Å²) in [6.45, 7) is 6.39. The minimum Gasteiger partial charge on any atom is -0.480 e. The molecule has 0 saturated heterocycles. The van der Waals surface area contributed by atoms with Crippen LogP contribution in [0, 0.1) is 5.92 Å². The van der Waals surface area contributed by atoms with Crippen LogP contribution in [0.4, 0.5) is 0 Å². The van der Waals surface area contributed by atoms with Gasteiger partial charge < -0.3 is 5.11 Å².